The average Bonchev–Trinajstić information content (AvgIpc) is 4.14. The van der Waals surface area contributed by atoms with Gasteiger partial charge in [0, 0.05) is 47.4 Å². The third kappa shape index (κ3) is 9.51. The van der Waals surface area contributed by atoms with Crippen LogP contribution in [-0.2, 0) is 13.1 Å². The summed E-state index contributed by atoms with van der Waals surface area (Å²) in [6.07, 6.45) is 18.3. The molecule has 0 aliphatic carbocycles. The van der Waals surface area contributed by atoms with E-state index in [1.807, 2.05) is 93.3 Å². The fraction of sp³-hybridized carbons (Fsp3) is 0.250. The molecule has 0 bridgehead atoms. The fourth-order valence-corrected chi connectivity index (χ4v) is 8.83. The van der Waals surface area contributed by atoms with Gasteiger partial charge in [-0.25, -0.2) is 48.0 Å². The Balaban J connectivity index is 0.000000166. The van der Waals surface area contributed by atoms with E-state index >= 15 is 0 Å². The van der Waals surface area contributed by atoms with Crippen molar-refractivity contribution in [2.75, 3.05) is 14.2 Å². The molecule has 8 aromatic rings. The number of methoxy groups -OCH3 is 2. The van der Waals surface area contributed by atoms with Crippen LogP contribution in [0.2, 0.25) is 10.0 Å². The average molecular weight is 930 g/mol. The van der Waals surface area contributed by atoms with Crippen molar-refractivity contribution in [3.8, 4) is 23.1 Å². The minimum atomic E-state index is -0.346. The zero-order valence-electron chi connectivity index (χ0n) is 36.5. The summed E-state index contributed by atoms with van der Waals surface area (Å²) >= 11 is 12.7. The zero-order chi connectivity index (χ0) is 45.9. The second kappa shape index (κ2) is 19.2. The van der Waals surface area contributed by atoms with E-state index in [0.29, 0.717) is 33.5 Å². The van der Waals surface area contributed by atoms with Gasteiger partial charge < -0.3 is 18.6 Å². The molecule has 66 heavy (non-hydrogen) atoms. The van der Waals surface area contributed by atoms with Gasteiger partial charge in [-0.3, -0.25) is 0 Å². The molecule has 0 fully saturated rings. The molecular weight excluding hydrogens is 886 g/mol. The molecule has 18 heteroatoms. The Morgan fingerprint density at radius 2 is 1.03 bits per heavy atom. The first-order chi connectivity index (χ1) is 32.0. The molecule has 0 unspecified atom stereocenters. The van der Waals surface area contributed by atoms with E-state index in [2.05, 4.69) is 30.1 Å². The van der Waals surface area contributed by atoms with Gasteiger partial charge in [0.2, 0.25) is 11.8 Å². The first-order valence-corrected chi connectivity index (χ1v) is 22.1. The number of nitrogens with zero attached hydrogens (tertiary/aromatic N) is 12. The van der Waals surface area contributed by atoms with Gasteiger partial charge in [-0.1, -0.05) is 35.3 Å². The molecule has 2 aliphatic rings. The maximum Gasteiger partial charge on any atom is 0.238 e. The van der Waals surface area contributed by atoms with Crippen molar-refractivity contribution >= 4 is 47.5 Å². The molecule has 0 saturated heterocycles. The van der Waals surface area contributed by atoms with Gasteiger partial charge in [0.1, 0.15) is 34.7 Å². The van der Waals surface area contributed by atoms with Crippen LogP contribution in [0.5, 0.6) is 11.8 Å². The fourth-order valence-electron chi connectivity index (χ4n) is 8.24. The Morgan fingerprint density at radius 1 is 0.591 bits per heavy atom. The Morgan fingerprint density at radius 3 is 1.41 bits per heavy atom. The van der Waals surface area contributed by atoms with E-state index in [0.717, 1.165) is 95.7 Å². The zero-order valence-corrected chi connectivity index (χ0v) is 38.0. The lowest BCUT2D eigenvalue weighted by molar-refractivity contribution is 0.395. The molecule has 2 atom stereocenters. The van der Waals surface area contributed by atoms with Crippen molar-refractivity contribution in [2.45, 2.75) is 64.5 Å². The predicted molar refractivity (Wildman–Crippen MR) is 248 cm³/mol. The molecule has 0 saturated carbocycles. The standard InChI is InChI=1S/2C24H22ClFN6O/c2*1-15-13-31(14-27-15)21-9-6-17(28-24(21)33-2)7-10-22-29-23-19(4-3-11-32(23)30-22)18-8-5-16(26)12-20(18)25/h2*5-10,12-14,19H,3-4,11H2,1-2H3/b2*10-7+/t2*19-/m10/s1. The van der Waals surface area contributed by atoms with Gasteiger partial charge in [0.05, 0.1) is 49.6 Å². The molecule has 0 spiro atoms. The molecule has 14 nitrogen and oxygen atoms in total. The molecular formula is C48H44Cl2F2N12O2. The number of fused-ring (bicyclic) bond motifs is 2. The molecule has 0 radical (unpaired) electrons. The number of benzene rings is 2. The maximum absolute atomic E-state index is 13.5. The summed E-state index contributed by atoms with van der Waals surface area (Å²) in [5.41, 5.74) is 6.64. The number of aryl methyl sites for hydroxylation is 4. The Bertz CT molecular complexity index is 2890. The Hall–Kier alpha value is -7.04. The summed E-state index contributed by atoms with van der Waals surface area (Å²) in [5, 5.41) is 10.1. The van der Waals surface area contributed by atoms with Gasteiger partial charge in [-0.05, 0) is 123 Å². The summed E-state index contributed by atoms with van der Waals surface area (Å²) in [5.74, 6) is 3.13. The summed E-state index contributed by atoms with van der Waals surface area (Å²) in [7, 11) is 3.18. The van der Waals surface area contributed by atoms with Crippen LogP contribution in [0.25, 0.3) is 35.7 Å². The number of rotatable bonds is 10. The number of aromatic nitrogens is 12. The maximum atomic E-state index is 13.5. The quantitative estimate of drug-likeness (QED) is 0.130. The molecule has 8 heterocycles. The Kier molecular flexibility index (Phi) is 12.9. The van der Waals surface area contributed by atoms with E-state index in [1.54, 1.807) is 39.0 Å². The van der Waals surface area contributed by atoms with Crippen LogP contribution >= 0.6 is 23.2 Å². The molecule has 10 rings (SSSR count). The van der Waals surface area contributed by atoms with E-state index in [9.17, 15) is 8.78 Å². The van der Waals surface area contributed by atoms with Crippen molar-refractivity contribution in [2.24, 2.45) is 0 Å². The molecule has 0 amide bonds. The topological polar surface area (TPSA) is 141 Å². The third-order valence-electron chi connectivity index (χ3n) is 11.4. The monoisotopic (exact) mass is 928 g/mol. The number of halogens is 4. The highest BCUT2D eigenvalue weighted by molar-refractivity contribution is 6.31. The second-order valence-electron chi connectivity index (χ2n) is 15.9. The van der Waals surface area contributed by atoms with Gasteiger partial charge in [0.15, 0.2) is 11.6 Å². The van der Waals surface area contributed by atoms with Crippen molar-refractivity contribution in [1.29, 1.82) is 0 Å². The third-order valence-corrected chi connectivity index (χ3v) is 12.0. The van der Waals surface area contributed by atoms with Crippen molar-refractivity contribution in [3.63, 3.8) is 0 Å². The van der Waals surface area contributed by atoms with Crippen molar-refractivity contribution in [3.05, 3.63) is 165 Å². The summed E-state index contributed by atoms with van der Waals surface area (Å²) < 4.78 is 45.5. The summed E-state index contributed by atoms with van der Waals surface area (Å²) in [6, 6.07) is 16.7. The molecule has 2 aromatic carbocycles. The SMILES string of the molecule is COc1nc(/C=C/c2nc3n(n2)CCC[C@@H]3c2ccc(F)cc2Cl)ccc1-n1cnc(C)c1.COc1nc(/C=C/c2nc3n(n2)CCC[C@H]3c2ccc(F)cc2Cl)ccc1-n1cnc(C)c1. The van der Waals surface area contributed by atoms with Crippen LogP contribution in [0.1, 0.15) is 94.7 Å². The molecule has 6 aromatic heterocycles. The molecule has 0 N–H and O–H groups in total. The first kappa shape index (κ1) is 44.2. The highest BCUT2D eigenvalue weighted by atomic mass is 35.5. The first-order valence-electron chi connectivity index (χ1n) is 21.3. The normalized spacial score (nSPS) is 15.7. The minimum Gasteiger partial charge on any atom is -0.479 e. The summed E-state index contributed by atoms with van der Waals surface area (Å²) in [4.78, 5) is 27.2. The largest absolute Gasteiger partial charge is 0.479 e. The lowest BCUT2D eigenvalue weighted by Gasteiger charge is -2.23. The van der Waals surface area contributed by atoms with Crippen LogP contribution in [0.3, 0.4) is 0 Å². The van der Waals surface area contributed by atoms with Crippen molar-refractivity contribution < 1.29 is 18.3 Å². The van der Waals surface area contributed by atoms with E-state index in [4.69, 9.17) is 42.6 Å². The van der Waals surface area contributed by atoms with Crippen LogP contribution in [-0.4, -0.2) is 72.8 Å². The number of hydrogen-bond donors (Lipinski definition) is 0. The minimum absolute atomic E-state index is 0.0161. The van der Waals surface area contributed by atoms with Gasteiger partial charge in [0.25, 0.3) is 0 Å². The lowest BCUT2D eigenvalue weighted by atomic mass is 9.91. The van der Waals surface area contributed by atoms with Crippen LogP contribution in [0.4, 0.5) is 8.78 Å². The van der Waals surface area contributed by atoms with Gasteiger partial charge >= 0.3 is 0 Å². The van der Waals surface area contributed by atoms with E-state index < -0.39 is 0 Å². The number of ether oxygens (including phenoxy) is 2. The summed E-state index contributed by atoms with van der Waals surface area (Å²) in [6.45, 7) is 5.44. The highest BCUT2D eigenvalue weighted by Crippen LogP contribution is 2.38. The van der Waals surface area contributed by atoms with Crippen molar-refractivity contribution in [1.82, 2.24) is 58.6 Å². The van der Waals surface area contributed by atoms with Crippen LogP contribution in [0, 0.1) is 25.5 Å². The highest BCUT2D eigenvalue weighted by Gasteiger charge is 2.29. The number of hydrogen-bond acceptors (Lipinski definition) is 10. The second-order valence-corrected chi connectivity index (χ2v) is 16.7. The smallest absolute Gasteiger partial charge is 0.238 e. The van der Waals surface area contributed by atoms with Crippen LogP contribution in [0.15, 0.2) is 85.7 Å². The van der Waals surface area contributed by atoms with Crippen LogP contribution < -0.4 is 9.47 Å². The van der Waals surface area contributed by atoms with Gasteiger partial charge in [-0.2, -0.15) is 10.2 Å². The molecule has 2 aliphatic heterocycles. The predicted octanol–water partition coefficient (Wildman–Crippen LogP) is 10.1. The van der Waals surface area contributed by atoms with E-state index in [-0.39, 0.29) is 23.5 Å². The number of pyridine rings is 2. The molecule has 336 valence electrons. The lowest BCUT2D eigenvalue weighted by Crippen LogP contribution is -2.18. The Labute approximate surface area is 389 Å². The van der Waals surface area contributed by atoms with E-state index in [1.165, 1.54) is 24.3 Å². The van der Waals surface area contributed by atoms with Gasteiger partial charge in [-0.15, -0.1) is 0 Å². The number of imidazole rings is 2.